The van der Waals surface area contributed by atoms with Gasteiger partial charge in [0.25, 0.3) is 0 Å². The molecule has 1 aromatic heterocycles. The summed E-state index contributed by atoms with van der Waals surface area (Å²) < 4.78 is 6.49. The highest BCUT2D eigenvalue weighted by molar-refractivity contribution is 5.85. The van der Waals surface area contributed by atoms with Crippen molar-refractivity contribution < 1.29 is 9.53 Å². The van der Waals surface area contributed by atoms with Gasteiger partial charge in [0.1, 0.15) is 12.2 Å². The van der Waals surface area contributed by atoms with Crippen LogP contribution in [-0.2, 0) is 22.5 Å². The summed E-state index contributed by atoms with van der Waals surface area (Å²) in [5.41, 5.74) is 5.60. The van der Waals surface area contributed by atoms with Gasteiger partial charge >= 0.3 is 0 Å². The zero-order valence-corrected chi connectivity index (χ0v) is 9.01. The number of hydrogen-bond donors (Lipinski definition) is 1. The van der Waals surface area contributed by atoms with E-state index in [9.17, 15) is 4.79 Å². The molecule has 1 heterocycles. The lowest BCUT2D eigenvalue weighted by molar-refractivity contribution is -0.120. The Morgan fingerprint density at radius 1 is 1.73 bits per heavy atom. The topological polar surface area (TPSA) is 83.0 Å². The highest BCUT2D eigenvalue weighted by atomic mass is 16.5. The molecule has 6 heteroatoms. The van der Waals surface area contributed by atoms with Gasteiger partial charge in [-0.3, -0.25) is 4.79 Å². The van der Waals surface area contributed by atoms with E-state index in [0.717, 1.165) is 0 Å². The van der Waals surface area contributed by atoms with Gasteiger partial charge in [-0.25, -0.2) is 9.67 Å². The SMILES string of the molecule is CCn1ncnc1CC(=O)C(N)COC. The number of nitrogens with two attached hydrogens (primary N) is 1. The van der Waals surface area contributed by atoms with Gasteiger partial charge in [-0.15, -0.1) is 0 Å². The zero-order chi connectivity index (χ0) is 11.3. The molecule has 0 bridgehead atoms. The van der Waals surface area contributed by atoms with Crippen molar-refractivity contribution in [2.75, 3.05) is 13.7 Å². The van der Waals surface area contributed by atoms with Gasteiger partial charge in [0, 0.05) is 13.7 Å². The fourth-order valence-corrected chi connectivity index (χ4v) is 1.25. The van der Waals surface area contributed by atoms with Gasteiger partial charge in [-0.1, -0.05) is 0 Å². The average Bonchev–Trinajstić information content (AvgIpc) is 2.65. The van der Waals surface area contributed by atoms with Crippen LogP contribution in [0, 0.1) is 0 Å². The molecule has 0 spiro atoms. The first-order chi connectivity index (χ1) is 7.19. The predicted molar refractivity (Wildman–Crippen MR) is 54.3 cm³/mol. The van der Waals surface area contributed by atoms with Crippen LogP contribution < -0.4 is 5.73 Å². The fraction of sp³-hybridized carbons (Fsp3) is 0.667. The minimum absolute atomic E-state index is 0.0837. The molecule has 0 saturated heterocycles. The van der Waals surface area contributed by atoms with Crippen molar-refractivity contribution >= 4 is 5.78 Å². The van der Waals surface area contributed by atoms with Crippen LogP contribution in [0.15, 0.2) is 6.33 Å². The van der Waals surface area contributed by atoms with Gasteiger partial charge in [-0.05, 0) is 6.92 Å². The van der Waals surface area contributed by atoms with Crippen molar-refractivity contribution in [1.82, 2.24) is 14.8 Å². The number of methoxy groups -OCH3 is 1. The van der Waals surface area contributed by atoms with Crippen molar-refractivity contribution in [3.63, 3.8) is 0 Å². The van der Waals surface area contributed by atoms with Crippen LogP contribution in [0.1, 0.15) is 12.7 Å². The van der Waals surface area contributed by atoms with Gasteiger partial charge in [0.15, 0.2) is 5.78 Å². The third-order valence-electron chi connectivity index (χ3n) is 2.09. The number of aromatic nitrogens is 3. The molecule has 0 fully saturated rings. The standard InChI is InChI=1S/C9H16N4O2/c1-3-13-9(11-6-12-13)4-8(14)7(10)5-15-2/h6-7H,3-5,10H2,1-2H3. The molecule has 0 aliphatic carbocycles. The Kier molecular flexibility index (Phi) is 4.38. The van der Waals surface area contributed by atoms with Crippen molar-refractivity contribution in [2.45, 2.75) is 25.9 Å². The maximum Gasteiger partial charge on any atom is 0.159 e. The summed E-state index contributed by atoms with van der Waals surface area (Å²) in [5, 5.41) is 3.97. The summed E-state index contributed by atoms with van der Waals surface area (Å²) in [7, 11) is 1.52. The van der Waals surface area contributed by atoms with Crippen LogP contribution in [0.2, 0.25) is 0 Å². The minimum Gasteiger partial charge on any atom is -0.383 e. The van der Waals surface area contributed by atoms with Crippen LogP contribution in [-0.4, -0.2) is 40.3 Å². The molecule has 0 saturated carbocycles. The molecular formula is C9H16N4O2. The van der Waals surface area contributed by atoms with E-state index in [1.165, 1.54) is 13.4 Å². The van der Waals surface area contributed by atoms with E-state index in [4.69, 9.17) is 10.5 Å². The first-order valence-corrected chi connectivity index (χ1v) is 4.83. The third kappa shape index (κ3) is 3.10. The number of nitrogens with zero attached hydrogens (tertiary/aromatic N) is 3. The highest BCUT2D eigenvalue weighted by Gasteiger charge is 2.16. The Morgan fingerprint density at radius 3 is 3.07 bits per heavy atom. The molecule has 0 amide bonds. The molecule has 2 N–H and O–H groups in total. The van der Waals surface area contributed by atoms with Crippen molar-refractivity contribution in [3.05, 3.63) is 12.2 Å². The second-order valence-electron chi connectivity index (χ2n) is 3.20. The van der Waals surface area contributed by atoms with Crippen molar-refractivity contribution in [2.24, 2.45) is 5.73 Å². The molecule has 1 rings (SSSR count). The molecular weight excluding hydrogens is 196 g/mol. The predicted octanol–water partition coefficient (Wildman–Crippen LogP) is -0.617. The van der Waals surface area contributed by atoms with Crippen LogP contribution in [0.3, 0.4) is 0 Å². The normalized spacial score (nSPS) is 12.7. The molecule has 1 aromatic rings. The summed E-state index contributed by atoms with van der Waals surface area (Å²) in [4.78, 5) is 15.6. The van der Waals surface area contributed by atoms with Gasteiger partial charge in [0.2, 0.25) is 0 Å². The summed E-state index contributed by atoms with van der Waals surface area (Å²) in [6.07, 6.45) is 1.65. The summed E-state index contributed by atoms with van der Waals surface area (Å²) >= 11 is 0. The summed E-state index contributed by atoms with van der Waals surface area (Å²) in [6.45, 7) is 2.87. The zero-order valence-electron chi connectivity index (χ0n) is 9.01. The monoisotopic (exact) mass is 212 g/mol. The second kappa shape index (κ2) is 5.57. The fourth-order valence-electron chi connectivity index (χ4n) is 1.25. The molecule has 1 unspecified atom stereocenters. The van der Waals surface area contributed by atoms with Crippen molar-refractivity contribution in [3.8, 4) is 0 Å². The van der Waals surface area contributed by atoms with Gasteiger partial charge in [-0.2, -0.15) is 5.10 Å². The number of Topliss-reactive ketones (excluding diaryl/α,β-unsaturated/α-hetero) is 1. The lowest BCUT2D eigenvalue weighted by Crippen LogP contribution is -2.36. The molecule has 0 radical (unpaired) electrons. The van der Waals surface area contributed by atoms with E-state index in [-0.39, 0.29) is 18.8 Å². The molecule has 0 aliphatic heterocycles. The Hall–Kier alpha value is -1.27. The number of ether oxygens (including phenoxy) is 1. The number of hydrogen-bond acceptors (Lipinski definition) is 5. The van der Waals surface area contributed by atoms with E-state index in [2.05, 4.69) is 10.1 Å². The highest BCUT2D eigenvalue weighted by Crippen LogP contribution is 1.98. The number of aryl methyl sites for hydroxylation is 1. The van der Waals surface area contributed by atoms with E-state index in [1.54, 1.807) is 4.68 Å². The lowest BCUT2D eigenvalue weighted by Gasteiger charge is -2.08. The summed E-state index contributed by atoms with van der Waals surface area (Å²) in [5.74, 6) is 0.564. The molecule has 6 nitrogen and oxygen atoms in total. The number of rotatable bonds is 6. The van der Waals surface area contributed by atoms with Crippen LogP contribution in [0.25, 0.3) is 0 Å². The first-order valence-electron chi connectivity index (χ1n) is 4.83. The number of carbonyl (C=O) groups is 1. The Balaban J connectivity index is 2.58. The third-order valence-corrected chi connectivity index (χ3v) is 2.09. The molecule has 0 aromatic carbocycles. The summed E-state index contributed by atoms with van der Waals surface area (Å²) in [6, 6.07) is -0.586. The molecule has 0 aliphatic rings. The van der Waals surface area contributed by atoms with E-state index < -0.39 is 6.04 Å². The maximum absolute atomic E-state index is 11.6. The maximum atomic E-state index is 11.6. The van der Waals surface area contributed by atoms with Crippen LogP contribution in [0.4, 0.5) is 0 Å². The number of ketones is 1. The van der Waals surface area contributed by atoms with Crippen LogP contribution in [0.5, 0.6) is 0 Å². The van der Waals surface area contributed by atoms with Gasteiger partial charge < -0.3 is 10.5 Å². The average molecular weight is 212 g/mol. The lowest BCUT2D eigenvalue weighted by atomic mass is 10.1. The van der Waals surface area contributed by atoms with Crippen LogP contribution >= 0.6 is 0 Å². The van der Waals surface area contributed by atoms with Crippen molar-refractivity contribution in [1.29, 1.82) is 0 Å². The molecule has 84 valence electrons. The largest absolute Gasteiger partial charge is 0.383 e. The first kappa shape index (κ1) is 11.8. The quantitative estimate of drug-likeness (QED) is 0.679. The Bertz CT molecular complexity index is 324. The second-order valence-corrected chi connectivity index (χ2v) is 3.20. The minimum atomic E-state index is -0.586. The molecule has 15 heavy (non-hydrogen) atoms. The van der Waals surface area contributed by atoms with Gasteiger partial charge in [0.05, 0.1) is 19.1 Å². The Labute approximate surface area is 88.4 Å². The van der Waals surface area contributed by atoms with E-state index in [0.29, 0.717) is 12.4 Å². The molecule has 1 atom stereocenters. The van der Waals surface area contributed by atoms with E-state index in [1.807, 2.05) is 6.92 Å². The smallest absolute Gasteiger partial charge is 0.159 e. The Morgan fingerprint density at radius 2 is 2.47 bits per heavy atom. The number of carbonyl (C=O) groups excluding carboxylic acids is 1. The van der Waals surface area contributed by atoms with E-state index >= 15 is 0 Å².